The minimum Gasteiger partial charge on any atom is -0.350 e. The van der Waals surface area contributed by atoms with Crippen molar-refractivity contribution in [2.45, 2.75) is 52.6 Å². The average Bonchev–Trinajstić information content (AvgIpc) is 2.82. The van der Waals surface area contributed by atoms with Gasteiger partial charge in [-0.3, -0.25) is 4.90 Å². The third-order valence-corrected chi connectivity index (χ3v) is 4.63. The zero-order chi connectivity index (χ0) is 16.8. The van der Waals surface area contributed by atoms with Gasteiger partial charge in [0.25, 0.3) is 0 Å². The van der Waals surface area contributed by atoms with Gasteiger partial charge in [-0.1, -0.05) is 37.1 Å². The molecule has 0 aliphatic carbocycles. The Balaban J connectivity index is 1.67. The molecule has 1 aliphatic heterocycles. The maximum Gasteiger partial charge on any atom is 0.223 e. The van der Waals surface area contributed by atoms with E-state index in [9.17, 15) is 0 Å². The van der Waals surface area contributed by atoms with Crippen molar-refractivity contribution < 1.29 is 0 Å². The summed E-state index contributed by atoms with van der Waals surface area (Å²) in [7, 11) is 0. The van der Waals surface area contributed by atoms with Crippen molar-refractivity contribution >= 4 is 5.95 Å². The van der Waals surface area contributed by atoms with E-state index in [0.29, 0.717) is 0 Å². The van der Waals surface area contributed by atoms with E-state index < -0.39 is 0 Å². The third-order valence-electron chi connectivity index (χ3n) is 4.63. The number of nitrogens with one attached hydrogen (secondary N) is 1. The van der Waals surface area contributed by atoms with Crippen LogP contribution in [-0.2, 0) is 13.1 Å². The monoisotopic (exact) mass is 324 g/mol. The zero-order valence-corrected chi connectivity index (χ0v) is 14.9. The highest BCUT2D eigenvalue weighted by molar-refractivity contribution is 5.33. The fourth-order valence-corrected chi connectivity index (χ4v) is 3.40. The first-order valence-electron chi connectivity index (χ1n) is 9.06. The fourth-order valence-electron chi connectivity index (χ4n) is 3.40. The van der Waals surface area contributed by atoms with E-state index in [0.717, 1.165) is 30.4 Å². The molecular weight excluding hydrogens is 296 g/mol. The van der Waals surface area contributed by atoms with Crippen LogP contribution >= 0.6 is 0 Å². The van der Waals surface area contributed by atoms with Crippen molar-refractivity contribution in [3.8, 4) is 0 Å². The van der Waals surface area contributed by atoms with Crippen LogP contribution in [-0.4, -0.2) is 28.0 Å². The Bertz CT molecular complexity index is 640. The normalized spacial score (nSPS) is 15.9. The number of hydrogen-bond acceptors (Lipinski definition) is 4. The summed E-state index contributed by atoms with van der Waals surface area (Å²) in [6.07, 6.45) is 5.42. The standard InChI is InChI=1S/C20H28N4/c1-16-13-17(2)23-20(22-16)21-14-18-9-5-6-10-19(18)15-24-11-7-3-4-8-12-24/h5-6,9-10,13H,3-4,7-8,11-12,14-15H2,1-2H3,(H,21,22,23). The average molecular weight is 324 g/mol. The number of benzene rings is 1. The fraction of sp³-hybridized carbons (Fsp3) is 0.500. The first-order chi connectivity index (χ1) is 11.7. The Morgan fingerprint density at radius 3 is 2.21 bits per heavy atom. The smallest absolute Gasteiger partial charge is 0.223 e. The first kappa shape index (κ1) is 16.9. The Hall–Kier alpha value is -1.94. The molecule has 1 aromatic heterocycles. The molecule has 24 heavy (non-hydrogen) atoms. The molecule has 0 unspecified atom stereocenters. The van der Waals surface area contributed by atoms with Crippen molar-refractivity contribution in [1.29, 1.82) is 0 Å². The molecule has 0 atom stereocenters. The summed E-state index contributed by atoms with van der Waals surface area (Å²) in [6.45, 7) is 8.28. The summed E-state index contributed by atoms with van der Waals surface area (Å²) < 4.78 is 0. The van der Waals surface area contributed by atoms with Crippen LogP contribution in [0.15, 0.2) is 30.3 Å². The van der Waals surface area contributed by atoms with Crippen molar-refractivity contribution in [3.63, 3.8) is 0 Å². The minimum absolute atomic E-state index is 0.720. The number of aryl methyl sites for hydroxylation is 2. The maximum absolute atomic E-state index is 4.47. The molecule has 1 fully saturated rings. The van der Waals surface area contributed by atoms with E-state index in [2.05, 4.69) is 44.5 Å². The Morgan fingerprint density at radius 2 is 1.54 bits per heavy atom. The molecule has 1 saturated heterocycles. The van der Waals surface area contributed by atoms with Gasteiger partial charge in [0.2, 0.25) is 5.95 Å². The number of anilines is 1. The molecule has 3 rings (SSSR count). The van der Waals surface area contributed by atoms with E-state index in [1.165, 1.54) is 49.9 Å². The quantitative estimate of drug-likeness (QED) is 0.899. The topological polar surface area (TPSA) is 41.1 Å². The van der Waals surface area contributed by atoms with Crippen LogP contribution in [0, 0.1) is 13.8 Å². The predicted molar refractivity (Wildman–Crippen MR) is 99.0 cm³/mol. The molecule has 0 bridgehead atoms. The van der Waals surface area contributed by atoms with E-state index in [1.807, 2.05) is 19.9 Å². The van der Waals surface area contributed by atoms with Gasteiger partial charge < -0.3 is 5.32 Å². The summed E-state index contributed by atoms with van der Waals surface area (Å²) in [5, 5.41) is 3.39. The minimum atomic E-state index is 0.720. The number of likely N-dealkylation sites (tertiary alicyclic amines) is 1. The summed E-state index contributed by atoms with van der Waals surface area (Å²) in [6, 6.07) is 10.7. The lowest BCUT2D eigenvalue weighted by atomic mass is 10.1. The summed E-state index contributed by atoms with van der Waals surface area (Å²) >= 11 is 0. The molecule has 4 heteroatoms. The highest BCUT2D eigenvalue weighted by Gasteiger charge is 2.11. The largest absolute Gasteiger partial charge is 0.350 e. The SMILES string of the molecule is Cc1cc(C)nc(NCc2ccccc2CN2CCCCCC2)n1. The molecule has 0 radical (unpaired) electrons. The number of rotatable bonds is 5. The molecule has 0 saturated carbocycles. The van der Waals surface area contributed by atoms with Gasteiger partial charge in [0, 0.05) is 24.5 Å². The van der Waals surface area contributed by atoms with Crippen molar-refractivity contribution in [2.75, 3.05) is 18.4 Å². The van der Waals surface area contributed by atoms with Crippen LogP contribution in [0.25, 0.3) is 0 Å². The van der Waals surface area contributed by atoms with E-state index >= 15 is 0 Å². The van der Waals surface area contributed by atoms with E-state index in [-0.39, 0.29) is 0 Å². The molecule has 2 aromatic rings. The molecule has 128 valence electrons. The van der Waals surface area contributed by atoms with E-state index in [4.69, 9.17) is 0 Å². The van der Waals surface area contributed by atoms with Gasteiger partial charge in [-0.05, 0) is 57.0 Å². The van der Waals surface area contributed by atoms with Gasteiger partial charge in [-0.2, -0.15) is 0 Å². The summed E-state index contributed by atoms with van der Waals surface area (Å²) in [4.78, 5) is 11.5. The second-order valence-corrected chi connectivity index (χ2v) is 6.79. The van der Waals surface area contributed by atoms with Crippen LogP contribution < -0.4 is 5.32 Å². The lowest BCUT2D eigenvalue weighted by molar-refractivity contribution is 0.276. The van der Waals surface area contributed by atoms with Gasteiger partial charge in [0.15, 0.2) is 0 Å². The second kappa shape index (κ2) is 8.25. The Morgan fingerprint density at radius 1 is 0.917 bits per heavy atom. The molecule has 0 amide bonds. The van der Waals surface area contributed by atoms with Crippen LogP contribution in [0.2, 0.25) is 0 Å². The van der Waals surface area contributed by atoms with Gasteiger partial charge in [0.1, 0.15) is 0 Å². The van der Waals surface area contributed by atoms with Crippen LogP contribution in [0.1, 0.15) is 48.2 Å². The van der Waals surface area contributed by atoms with Crippen molar-refractivity contribution in [1.82, 2.24) is 14.9 Å². The second-order valence-electron chi connectivity index (χ2n) is 6.79. The molecular formula is C20H28N4. The molecule has 2 heterocycles. The lowest BCUT2D eigenvalue weighted by Gasteiger charge is -2.21. The Kier molecular flexibility index (Phi) is 5.81. The predicted octanol–water partition coefficient (Wildman–Crippen LogP) is 4.08. The van der Waals surface area contributed by atoms with Crippen molar-refractivity contribution in [3.05, 3.63) is 52.8 Å². The number of aromatic nitrogens is 2. The molecule has 1 aliphatic rings. The highest BCUT2D eigenvalue weighted by atomic mass is 15.1. The molecule has 1 aromatic carbocycles. The summed E-state index contributed by atoms with van der Waals surface area (Å²) in [5.74, 6) is 0.720. The van der Waals surface area contributed by atoms with Gasteiger partial charge in [-0.15, -0.1) is 0 Å². The van der Waals surface area contributed by atoms with Crippen LogP contribution in [0.4, 0.5) is 5.95 Å². The van der Waals surface area contributed by atoms with Gasteiger partial charge >= 0.3 is 0 Å². The van der Waals surface area contributed by atoms with E-state index in [1.54, 1.807) is 0 Å². The molecule has 1 N–H and O–H groups in total. The Labute approximate surface area is 145 Å². The highest BCUT2D eigenvalue weighted by Crippen LogP contribution is 2.17. The lowest BCUT2D eigenvalue weighted by Crippen LogP contribution is -2.24. The number of hydrogen-bond donors (Lipinski definition) is 1. The summed E-state index contributed by atoms with van der Waals surface area (Å²) in [5.41, 5.74) is 4.76. The maximum atomic E-state index is 4.47. The first-order valence-corrected chi connectivity index (χ1v) is 9.06. The van der Waals surface area contributed by atoms with Crippen LogP contribution in [0.3, 0.4) is 0 Å². The third kappa shape index (κ3) is 4.78. The number of nitrogens with zero attached hydrogens (tertiary/aromatic N) is 3. The molecule has 4 nitrogen and oxygen atoms in total. The van der Waals surface area contributed by atoms with Gasteiger partial charge in [-0.25, -0.2) is 9.97 Å². The zero-order valence-electron chi connectivity index (χ0n) is 14.9. The van der Waals surface area contributed by atoms with Crippen molar-refractivity contribution in [2.24, 2.45) is 0 Å². The van der Waals surface area contributed by atoms with Gasteiger partial charge in [0.05, 0.1) is 0 Å². The van der Waals surface area contributed by atoms with Crippen LogP contribution in [0.5, 0.6) is 0 Å². The molecule has 0 spiro atoms.